The summed E-state index contributed by atoms with van der Waals surface area (Å²) in [5.41, 5.74) is 2.51. The molecule has 0 spiro atoms. The van der Waals surface area contributed by atoms with Crippen molar-refractivity contribution in [3.63, 3.8) is 0 Å². The van der Waals surface area contributed by atoms with Gasteiger partial charge < -0.3 is 68.5 Å². The monoisotopic (exact) mass is 1760 g/mol. The second kappa shape index (κ2) is 41.8. The van der Waals surface area contributed by atoms with Gasteiger partial charge in [-0.3, -0.25) is 38.1 Å². The number of terminal acetylenes is 2. The lowest BCUT2D eigenvalue weighted by Crippen LogP contribution is -2.59. The number of amides is 4. The van der Waals surface area contributed by atoms with Crippen LogP contribution in [0.15, 0.2) is 143 Å². The van der Waals surface area contributed by atoms with Gasteiger partial charge in [-0.25, -0.2) is 24.0 Å². The number of ether oxygens (including phenoxy) is 8. The molecule has 4 amide bonds. The van der Waals surface area contributed by atoms with Crippen LogP contribution < -0.4 is 22.0 Å². The van der Waals surface area contributed by atoms with Gasteiger partial charge in [0.25, 0.3) is 11.8 Å². The highest BCUT2D eigenvalue weighted by atomic mass is 16.7. The lowest BCUT2D eigenvalue weighted by atomic mass is 9.46. The summed E-state index contributed by atoms with van der Waals surface area (Å²) >= 11 is 0. The first-order chi connectivity index (χ1) is 61.5. The first-order valence-corrected chi connectivity index (χ1v) is 45.7. The van der Waals surface area contributed by atoms with Gasteiger partial charge in [-0.1, -0.05) is 72.5 Å². The molecule has 4 saturated heterocycles. The molecule has 8 aliphatic carbocycles. The predicted molar refractivity (Wildman–Crippen MR) is 476 cm³/mol. The Morgan fingerprint density at radius 3 is 1.28 bits per heavy atom. The van der Waals surface area contributed by atoms with Crippen LogP contribution in [0.4, 0.5) is 26.0 Å². The zero-order chi connectivity index (χ0) is 90.4. The predicted octanol–water partition coefficient (Wildman–Crippen LogP) is 13.5. The molecule has 12 fully saturated rings. The van der Waals surface area contributed by atoms with E-state index < -0.39 is 83.5 Å². The number of piperidine rings is 2. The Bertz CT molecular complexity index is 5000. The van der Waals surface area contributed by atoms with Gasteiger partial charge in [0, 0.05) is 137 Å². The molecule has 4 unspecified atom stereocenters. The largest absolute Gasteiger partial charge is 0.508 e. The van der Waals surface area contributed by atoms with Gasteiger partial charge in [0.2, 0.25) is 0 Å². The Labute approximate surface area is 749 Å². The average Bonchev–Trinajstić information content (AvgIpc) is 0.796. The van der Waals surface area contributed by atoms with Crippen molar-refractivity contribution in [1.82, 2.24) is 38.7 Å². The summed E-state index contributed by atoms with van der Waals surface area (Å²) < 4.78 is 48.8. The van der Waals surface area contributed by atoms with Gasteiger partial charge in [-0.05, 0) is 251 Å². The number of nitrogens with zero attached hydrogens (tertiary/aromatic N) is 8. The van der Waals surface area contributed by atoms with Crippen molar-refractivity contribution in [3.05, 3.63) is 188 Å². The molecule has 8 atom stereocenters. The molecule has 0 radical (unpaired) electrons. The third-order valence-electron chi connectivity index (χ3n) is 28.5. The molecule has 12 aliphatic rings. The zero-order valence-corrected chi connectivity index (χ0v) is 74.5. The highest BCUT2D eigenvalue weighted by Crippen LogP contribution is 2.66. The average molecular weight is 1760 g/mol. The lowest BCUT2D eigenvalue weighted by Gasteiger charge is -2.61. The quantitative estimate of drug-likeness (QED) is 0.0201. The van der Waals surface area contributed by atoms with E-state index in [4.69, 9.17) is 50.7 Å². The minimum Gasteiger partial charge on any atom is -0.460 e. The maximum Gasteiger partial charge on any atom is 0.508 e. The fraction of sp³-hybridized carbons (Fsp3) is 0.566. The molecule has 4 aliphatic heterocycles. The van der Waals surface area contributed by atoms with Crippen molar-refractivity contribution < 1.29 is 81.7 Å². The standard InChI is InChI=1S/C50H61N5O10.C31H44N2O3.C18H19N3O6/c1-5-34-14-16-35(17-15-34)30-53(31-40-13-9-10-19-54(40)47(59)65-49(3,4)50-27-36-23-37(28-50)25-38(24-36)29-50)21-22-61-48(60)62-32-42-41(63-33(2)56)26-44(64-42)55-20-18-43(52-46(55)58)51-45(57)39-11-7-6-8-12-39;1-4-23-8-10-24(11-9-23)21-32(13-14-34)22-28-7-5-6-12-33(28)29(35)36-30(2,3)31-18-25-15-26(19-31)17-27(16-25)20-31;1-11(23)26-13-9-16(27-14(13)10-22)21-8-7-15(20-18(21)25)19-17(24)12-5-3-2-4-6-12/h1,6-8,11-12,14-18,20,36-38,40-42,44H,9-10,13,19,21-32H2,2-4H3,(H,51,52,57,58);1,8-11,25-28,34H,5-7,12-22H2,2-3H3;2-8,13-14,16,22H,9-10H2,1H3,(H,19,20,24,25)/t36?,37?,38?,40?,41?,42-,44-,50?;;13?,14-,16-/m1.1/s1. The number of anilines is 2. The van der Waals surface area contributed by atoms with Crippen LogP contribution >= 0.6 is 0 Å². The van der Waals surface area contributed by atoms with Gasteiger partial charge in [0.05, 0.1) is 13.2 Å². The number of nitrogens with one attached hydrogen (secondary N) is 2. The van der Waals surface area contributed by atoms with Crippen LogP contribution in [0.3, 0.4) is 0 Å². The molecule has 684 valence electrons. The lowest BCUT2D eigenvalue weighted by molar-refractivity contribution is -0.168. The summed E-state index contributed by atoms with van der Waals surface area (Å²) in [5, 5.41) is 24.3. The van der Waals surface area contributed by atoms with Crippen molar-refractivity contribution in [2.24, 2.45) is 46.3 Å². The number of benzene rings is 4. The van der Waals surface area contributed by atoms with E-state index in [0.717, 1.165) is 135 Å². The molecule has 8 saturated carbocycles. The van der Waals surface area contributed by atoms with Crippen molar-refractivity contribution in [2.45, 2.75) is 243 Å². The number of carbonyl (C=O) groups excluding carboxylic acids is 7. The maximum atomic E-state index is 14.2. The smallest absolute Gasteiger partial charge is 0.460 e. The van der Waals surface area contributed by atoms with Crippen molar-refractivity contribution in [3.8, 4) is 24.7 Å². The summed E-state index contributed by atoms with van der Waals surface area (Å²) in [4.78, 5) is 130. The molecular formula is C99H124N10O19. The Morgan fingerprint density at radius 1 is 0.516 bits per heavy atom. The number of rotatable bonds is 28. The van der Waals surface area contributed by atoms with E-state index in [-0.39, 0.29) is 91.9 Å². The highest BCUT2D eigenvalue weighted by molar-refractivity contribution is 6.04. The van der Waals surface area contributed by atoms with E-state index in [9.17, 15) is 53.4 Å². The first-order valence-electron chi connectivity index (χ1n) is 45.7. The number of aliphatic hydroxyl groups excluding tert-OH is 2. The van der Waals surface area contributed by atoms with Gasteiger partial charge >= 0.3 is 41.7 Å². The third kappa shape index (κ3) is 23.1. The second-order valence-electron chi connectivity index (χ2n) is 38.0. The van der Waals surface area contributed by atoms with Crippen LogP contribution in [0, 0.1) is 71.0 Å². The molecule has 29 nitrogen and oxygen atoms in total. The van der Waals surface area contributed by atoms with Crippen LogP contribution in [0.2, 0.25) is 0 Å². The Morgan fingerprint density at radius 2 is 0.906 bits per heavy atom. The minimum atomic E-state index is -0.941. The minimum absolute atomic E-state index is 0.00671. The summed E-state index contributed by atoms with van der Waals surface area (Å²) in [6, 6.07) is 35.8. The maximum absolute atomic E-state index is 14.2. The van der Waals surface area contributed by atoms with Crippen molar-refractivity contribution in [2.75, 3.05) is 76.3 Å². The summed E-state index contributed by atoms with van der Waals surface area (Å²) in [7, 11) is 0. The fourth-order valence-corrected chi connectivity index (χ4v) is 22.6. The molecule has 128 heavy (non-hydrogen) atoms. The van der Waals surface area contributed by atoms with Crippen LogP contribution in [-0.2, 0) is 60.6 Å². The van der Waals surface area contributed by atoms with E-state index in [1.165, 1.54) is 105 Å². The van der Waals surface area contributed by atoms with Gasteiger partial charge in [0.15, 0.2) is 0 Å². The second-order valence-corrected chi connectivity index (χ2v) is 38.0. The molecule has 4 N–H and O–H groups in total. The number of carbonyl (C=O) groups is 7. The summed E-state index contributed by atoms with van der Waals surface area (Å²) in [6.07, 6.45) is 29.3. The van der Waals surface area contributed by atoms with Gasteiger partial charge in [-0.2, -0.15) is 9.97 Å². The van der Waals surface area contributed by atoms with E-state index in [1.54, 1.807) is 60.7 Å². The van der Waals surface area contributed by atoms with E-state index >= 15 is 0 Å². The molecule has 29 heteroatoms. The van der Waals surface area contributed by atoms with Crippen molar-refractivity contribution in [1.29, 1.82) is 0 Å². The first kappa shape index (κ1) is 93.4. The van der Waals surface area contributed by atoms with E-state index in [0.29, 0.717) is 43.9 Å². The van der Waals surface area contributed by atoms with Crippen LogP contribution in [0.5, 0.6) is 0 Å². The summed E-state index contributed by atoms with van der Waals surface area (Å²) in [6.45, 7) is 15.4. The topological polar surface area (TPSA) is 341 Å². The molecule has 4 aromatic carbocycles. The van der Waals surface area contributed by atoms with Gasteiger partial charge in [-0.15, -0.1) is 12.8 Å². The van der Waals surface area contributed by atoms with E-state index in [1.807, 2.05) is 46.2 Å². The Hall–Kier alpha value is -10.8. The highest BCUT2D eigenvalue weighted by Gasteiger charge is 2.61. The normalized spacial score (nSPS) is 27.1. The fourth-order valence-electron chi connectivity index (χ4n) is 22.6. The van der Waals surface area contributed by atoms with Crippen LogP contribution in [0.25, 0.3) is 0 Å². The number of esters is 2. The Balaban J connectivity index is 0.000000175. The third-order valence-corrected chi connectivity index (χ3v) is 28.5. The molecule has 18 rings (SSSR count). The van der Waals surface area contributed by atoms with E-state index in [2.05, 4.69) is 82.1 Å². The van der Waals surface area contributed by atoms with Crippen LogP contribution in [0.1, 0.15) is 225 Å². The molecule has 6 heterocycles. The number of hydrogen-bond donors (Lipinski definition) is 4. The number of aliphatic hydroxyl groups is 2. The number of likely N-dealkylation sites (tertiary alicyclic amines) is 2. The molecule has 6 aromatic rings. The number of aromatic nitrogens is 4. The zero-order valence-electron chi connectivity index (χ0n) is 74.5. The van der Waals surface area contributed by atoms with Crippen molar-refractivity contribution >= 4 is 53.7 Å². The summed E-state index contributed by atoms with van der Waals surface area (Å²) in [5.74, 6) is 8.36. The van der Waals surface area contributed by atoms with Crippen LogP contribution in [-0.4, -0.2) is 204 Å². The molecular weight excluding hydrogens is 1630 g/mol. The van der Waals surface area contributed by atoms with Gasteiger partial charge in [0.1, 0.15) is 72.9 Å². The molecule has 8 bridgehead atoms. The number of hydrogen-bond acceptors (Lipinski definition) is 23. The SMILES string of the molecule is C#Cc1ccc(CN(CCO)CC2CCCCN2C(=O)OC(C)(C)C23CC4CC(CC(C4)C2)C3)cc1.C#Cc1ccc(CN(CCOC(=O)OC[C@H]2O[C@@H](n3ccc(NC(=O)c4ccccc4)nc3=O)CC2OC(C)=O)CC2CCCCN2C(=O)OC(C)(C)C23CC4CC(CC(C4)C2)C3)cc1.CC(=O)OC1C[C@H](n2ccc(NC(=O)c3ccccc3)nc2=O)O[C@@H]1CO. The molecule has 2 aromatic heterocycles. The Kier molecular flexibility index (Phi) is 30.5.